The minimum atomic E-state index is -0.846. The lowest BCUT2D eigenvalue weighted by Gasteiger charge is -2.27. The smallest absolute Gasteiger partial charge is 0.239 e. The van der Waals surface area contributed by atoms with Crippen LogP contribution in [-0.4, -0.2) is 36.7 Å². The fourth-order valence-corrected chi connectivity index (χ4v) is 2.48. The Hall–Kier alpha value is -1.88. The Morgan fingerprint density at radius 2 is 2.25 bits per heavy atom. The Balaban J connectivity index is 2.33. The minimum Gasteiger partial charge on any atom is -0.496 e. The Kier molecular flexibility index (Phi) is 4.39. The molecule has 0 N–H and O–H groups in total. The number of imide groups is 1. The van der Waals surface area contributed by atoms with Crippen LogP contribution in [0, 0.1) is 5.92 Å². The number of Topliss-reactive ketones (excluding diaryl/α,β-unsaturated/α-hetero) is 1. The van der Waals surface area contributed by atoms with E-state index in [1.807, 2.05) is 0 Å². The number of carbonyl (C=O) groups excluding carboxylic acids is 3. The summed E-state index contributed by atoms with van der Waals surface area (Å²) in [5.74, 6) is -1.30. The predicted octanol–water partition coefficient (Wildman–Crippen LogP) is 1.93. The number of amides is 2. The number of ether oxygens (including phenoxy) is 1. The molecule has 2 amide bonds. The molecule has 106 valence electrons. The van der Waals surface area contributed by atoms with E-state index in [1.165, 1.54) is 13.2 Å². The maximum absolute atomic E-state index is 12.5. The molecular weight excluding hydrogens is 282 g/mol. The fraction of sp³-hybridized carbons (Fsp3) is 0.357. The van der Waals surface area contributed by atoms with Crippen molar-refractivity contribution in [1.82, 2.24) is 4.90 Å². The molecule has 5 nitrogen and oxygen atoms in total. The Morgan fingerprint density at radius 1 is 1.50 bits per heavy atom. The summed E-state index contributed by atoms with van der Waals surface area (Å²) in [6.07, 6.45) is 1.51. The number of halogens is 1. The summed E-state index contributed by atoms with van der Waals surface area (Å²) in [4.78, 5) is 36.4. The molecule has 1 heterocycles. The van der Waals surface area contributed by atoms with Crippen molar-refractivity contribution in [3.8, 4) is 5.75 Å². The van der Waals surface area contributed by atoms with Gasteiger partial charge in [-0.1, -0.05) is 11.6 Å². The van der Waals surface area contributed by atoms with Gasteiger partial charge in [0.2, 0.25) is 12.3 Å². The molecule has 0 saturated carbocycles. The van der Waals surface area contributed by atoms with Crippen molar-refractivity contribution in [3.05, 3.63) is 28.8 Å². The van der Waals surface area contributed by atoms with Gasteiger partial charge in [0, 0.05) is 11.6 Å². The van der Waals surface area contributed by atoms with Gasteiger partial charge in [-0.2, -0.15) is 0 Å². The molecule has 1 aromatic carbocycles. The number of piperidine rings is 1. The number of likely N-dealkylation sites (tertiary alicyclic amines) is 1. The van der Waals surface area contributed by atoms with Crippen LogP contribution in [0.2, 0.25) is 5.02 Å². The quantitative estimate of drug-likeness (QED) is 0.484. The molecule has 1 aliphatic heterocycles. The number of hydrogen-bond acceptors (Lipinski definition) is 4. The summed E-state index contributed by atoms with van der Waals surface area (Å²) in [5.41, 5.74) is 0.270. The normalized spacial score (nSPS) is 18.8. The van der Waals surface area contributed by atoms with E-state index in [1.54, 1.807) is 12.1 Å². The molecule has 0 aromatic heterocycles. The molecule has 1 aromatic rings. The number of hydrogen-bond donors (Lipinski definition) is 0. The molecule has 0 aliphatic carbocycles. The molecule has 20 heavy (non-hydrogen) atoms. The molecular formula is C14H14ClNO4. The molecule has 6 heteroatoms. The van der Waals surface area contributed by atoms with Crippen molar-refractivity contribution in [1.29, 1.82) is 0 Å². The summed E-state index contributed by atoms with van der Waals surface area (Å²) in [7, 11) is 1.44. The molecule has 0 radical (unpaired) electrons. The third-order valence-corrected chi connectivity index (χ3v) is 3.58. The highest BCUT2D eigenvalue weighted by Crippen LogP contribution is 2.28. The van der Waals surface area contributed by atoms with Crippen molar-refractivity contribution in [3.63, 3.8) is 0 Å². The van der Waals surface area contributed by atoms with E-state index in [9.17, 15) is 14.4 Å². The van der Waals surface area contributed by atoms with Crippen molar-refractivity contribution < 1.29 is 19.1 Å². The number of carbonyl (C=O) groups is 3. The zero-order valence-electron chi connectivity index (χ0n) is 11.0. The summed E-state index contributed by atoms with van der Waals surface area (Å²) in [5, 5.41) is 0.393. The van der Waals surface area contributed by atoms with Gasteiger partial charge in [0.1, 0.15) is 11.7 Å². The Bertz CT molecular complexity index is 558. The molecule has 1 saturated heterocycles. The molecule has 1 aliphatic rings. The molecule has 0 spiro atoms. The number of methoxy groups -OCH3 is 1. The fourth-order valence-electron chi connectivity index (χ4n) is 2.31. The van der Waals surface area contributed by atoms with Gasteiger partial charge in [-0.15, -0.1) is 0 Å². The largest absolute Gasteiger partial charge is 0.496 e. The molecule has 1 unspecified atom stereocenters. The van der Waals surface area contributed by atoms with Crippen LogP contribution in [0.5, 0.6) is 5.75 Å². The first kappa shape index (κ1) is 14.5. The molecule has 1 fully saturated rings. The minimum absolute atomic E-state index is 0.270. The highest BCUT2D eigenvalue weighted by Gasteiger charge is 2.35. The highest BCUT2D eigenvalue weighted by molar-refractivity contribution is 6.31. The van der Waals surface area contributed by atoms with Crippen molar-refractivity contribution in [2.75, 3.05) is 13.7 Å². The monoisotopic (exact) mass is 295 g/mol. The maximum Gasteiger partial charge on any atom is 0.239 e. The van der Waals surface area contributed by atoms with Gasteiger partial charge in [-0.3, -0.25) is 19.3 Å². The average molecular weight is 296 g/mol. The average Bonchev–Trinajstić information content (AvgIpc) is 2.46. The predicted molar refractivity (Wildman–Crippen MR) is 72.8 cm³/mol. The van der Waals surface area contributed by atoms with Crippen LogP contribution in [0.25, 0.3) is 0 Å². The SMILES string of the molecule is COc1ccc(Cl)cc1C(=O)C1CCCN(C=O)C1=O. The van der Waals surface area contributed by atoms with Crippen LogP contribution < -0.4 is 4.74 Å². The van der Waals surface area contributed by atoms with E-state index in [2.05, 4.69) is 0 Å². The first-order valence-corrected chi connectivity index (χ1v) is 6.59. The van der Waals surface area contributed by atoms with Gasteiger partial charge in [0.25, 0.3) is 0 Å². The van der Waals surface area contributed by atoms with Gasteiger partial charge in [0.15, 0.2) is 5.78 Å². The van der Waals surface area contributed by atoms with E-state index >= 15 is 0 Å². The van der Waals surface area contributed by atoms with Crippen molar-refractivity contribution in [2.24, 2.45) is 5.92 Å². The third kappa shape index (κ3) is 2.67. The maximum atomic E-state index is 12.5. The summed E-state index contributed by atoms with van der Waals surface area (Å²) >= 11 is 5.89. The zero-order valence-corrected chi connectivity index (χ0v) is 11.7. The summed E-state index contributed by atoms with van der Waals surface area (Å²) < 4.78 is 5.13. The van der Waals surface area contributed by atoms with E-state index < -0.39 is 11.8 Å². The van der Waals surface area contributed by atoms with E-state index in [-0.39, 0.29) is 11.3 Å². The van der Waals surface area contributed by atoms with Crippen LogP contribution in [0.15, 0.2) is 18.2 Å². The standard InChI is InChI=1S/C14H14ClNO4/c1-20-12-5-4-9(15)7-11(12)13(18)10-3-2-6-16(8-17)14(10)19/h4-5,7-8,10H,2-3,6H2,1H3. The van der Waals surface area contributed by atoms with E-state index in [4.69, 9.17) is 16.3 Å². The van der Waals surface area contributed by atoms with E-state index in [0.29, 0.717) is 36.6 Å². The molecule has 2 rings (SSSR count). The first-order chi connectivity index (χ1) is 9.58. The van der Waals surface area contributed by atoms with Gasteiger partial charge in [-0.25, -0.2) is 0 Å². The summed E-state index contributed by atoms with van der Waals surface area (Å²) in [6.45, 7) is 0.360. The Morgan fingerprint density at radius 3 is 2.90 bits per heavy atom. The highest BCUT2D eigenvalue weighted by atomic mass is 35.5. The topological polar surface area (TPSA) is 63.7 Å². The number of nitrogens with zero attached hydrogens (tertiary/aromatic N) is 1. The zero-order chi connectivity index (χ0) is 14.7. The lowest BCUT2D eigenvalue weighted by Crippen LogP contribution is -2.43. The second kappa shape index (κ2) is 6.05. The second-order valence-electron chi connectivity index (χ2n) is 4.54. The van der Waals surface area contributed by atoms with Gasteiger partial charge < -0.3 is 4.74 Å². The second-order valence-corrected chi connectivity index (χ2v) is 4.98. The molecule has 0 bridgehead atoms. The third-order valence-electron chi connectivity index (χ3n) is 3.34. The molecule has 1 atom stereocenters. The van der Waals surface area contributed by atoms with Crippen LogP contribution in [0.1, 0.15) is 23.2 Å². The van der Waals surface area contributed by atoms with Gasteiger partial charge in [-0.05, 0) is 31.0 Å². The van der Waals surface area contributed by atoms with Crippen LogP contribution in [0.3, 0.4) is 0 Å². The van der Waals surface area contributed by atoms with Crippen LogP contribution in [-0.2, 0) is 9.59 Å². The van der Waals surface area contributed by atoms with Gasteiger partial charge in [0.05, 0.1) is 12.7 Å². The van der Waals surface area contributed by atoms with Crippen molar-refractivity contribution >= 4 is 29.7 Å². The summed E-state index contributed by atoms with van der Waals surface area (Å²) in [6, 6.07) is 4.67. The lowest BCUT2D eigenvalue weighted by atomic mass is 9.89. The van der Waals surface area contributed by atoms with Gasteiger partial charge >= 0.3 is 0 Å². The number of benzene rings is 1. The van der Waals surface area contributed by atoms with E-state index in [0.717, 1.165) is 4.90 Å². The number of rotatable bonds is 4. The van der Waals surface area contributed by atoms with Crippen LogP contribution in [0.4, 0.5) is 0 Å². The number of ketones is 1. The van der Waals surface area contributed by atoms with Crippen molar-refractivity contribution in [2.45, 2.75) is 12.8 Å². The van der Waals surface area contributed by atoms with Crippen LogP contribution >= 0.6 is 11.6 Å². The Labute approximate surface area is 121 Å². The first-order valence-electron chi connectivity index (χ1n) is 6.22. The lowest BCUT2D eigenvalue weighted by molar-refractivity contribution is -0.142.